The lowest BCUT2D eigenvalue weighted by Gasteiger charge is -2.39. The summed E-state index contributed by atoms with van der Waals surface area (Å²) in [6.07, 6.45) is 4.49. The van der Waals surface area contributed by atoms with Crippen LogP contribution in [0.2, 0.25) is 0 Å². The molecule has 0 radical (unpaired) electrons. The van der Waals surface area contributed by atoms with E-state index < -0.39 is 0 Å². The van der Waals surface area contributed by atoms with Gasteiger partial charge in [0.25, 0.3) is 0 Å². The van der Waals surface area contributed by atoms with E-state index in [1.54, 1.807) is 6.20 Å². The molecule has 1 aliphatic heterocycles. The van der Waals surface area contributed by atoms with Gasteiger partial charge < -0.3 is 5.11 Å². The van der Waals surface area contributed by atoms with Crippen molar-refractivity contribution < 1.29 is 5.11 Å². The highest BCUT2D eigenvalue weighted by Crippen LogP contribution is 2.26. The fourth-order valence-electron chi connectivity index (χ4n) is 2.48. The molecule has 18 heavy (non-hydrogen) atoms. The number of hydrogen-bond donors (Lipinski definition) is 1. The second-order valence-corrected chi connectivity index (χ2v) is 6.45. The van der Waals surface area contributed by atoms with Crippen molar-refractivity contribution in [3.8, 4) is 0 Å². The predicted octanol–water partition coefficient (Wildman–Crippen LogP) is 2.62. The largest absolute Gasteiger partial charge is 0.391 e. The predicted molar refractivity (Wildman–Crippen MR) is 76.5 cm³/mol. The summed E-state index contributed by atoms with van der Waals surface area (Å²) in [6.45, 7) is 6.44. The van der Waals surface area contributed by atoms with Gasteiger partial charge in [-0.3, -0.25) is 9.88 Å². The normalized spacial score (nSPS) is 19.1. The van der Waals surface area contributed by atoms with Crippen molar-refractivity contribution in [2.75, 3.05) is 13.1 Å². The number of likely N-dealkylation sites (tertiary alicyclic amines) is 1. The van der Waals surface area contributed by atoms with Crippen molar-refractivity contribution in [1.29, 1.82) is 0 Å². The Morgan fingerprint density at radius 2 is 2.06 bits per heavy atom. The van der Waals surface area contributed by atoms with Gasteiger partial charge in [0.05, 0.1) is 6.10 Å². The summed E-state index contributed by atoms with van der Waals surface area (Å²) in [7, 11) is 0. The first-order valence-corrected chi connectivity index (χ1v) is 7.33. The Bertz CT molecular complexity index is 385. The molecule has 0 bridgehead atoms. The van der Waals surface area contributed by atoms with Crippen LogP contribution in [0.3, 0.4) is 0 Å². The molecule has 1 aromatic rings. The molecule has 100 valence electrons. The van der Waals surface area contributed by atoms with Crippen molar-refractivity contribution in [2.24, 2.45) is 0 Å². The summed E-state index contributed by atoms with van der Waals surface area (Å²) in [5, 5.41) is 10.5. The van der Waals surface area contributed by atoms with E-state index in [4.69, 9.17) is 0 Å². The third-order valence-electron chi connectivity index (χ3n) is 3.93. The summed E-state index contributed by atoms with van der Waals surface area (Å²) < 4.78 is 0.972. The van der Waals surface area contributed by atoms with Gasteiger partial charge in [0.15, 0.2) is 0 Å². The minimum absolute atomic E-state index is 0.175. The lowest BCUT2D eigenvalue weighted by atomic mass is 9.91. The van der Waals surface area contributed by atoms with Gasteiger partial charge in [-0.05, 0) is 67.8 Å². The van der Waals surface area contributed by atoms with Crippen LogP contribution < -0.4 is 0 Å². The topological polar surface area (TPSA) is 36.4 Å². The number of hydrogen-bond acceptors (Lipinski definition) is 3. The van der Waals surface area contributed by atoms with Crippen LogP contribution in [-0.2, 0) is 6.42 Å². The number of halogens is 1. The molecule has 0 amide bonds. The highest BCUT2D eigenvalue weighted by molar-refractivity contribution is 9.10. The third-order valence-corrected chi connectivity index (χ3v) is 4.40. The molecule has 1 aliphatic rings. The first kappa shape index (κ1) is 14.0. The maximum atomic E-state index is 10.5. The van der Waals surface area contributed by atoms with Crippen LogP contribution in [0.15, 0.2) is 22.8 Å². The third kappa shape index (κ3) is 3.11. The number of pyridine rings is 1. The average molecular weight is 313 g/mol. The molecular weight excluding hydrogens is 292 g/mol. The molecule has 0 spiro atoms. The minimum atomic E-state index is -0.385. The average Bonchev–Trinajstić information content (AvgIpc) is 2.86. The van der Waals surface area contributed by atoms with Crippen molar-refractivity contribution in [2.45, 2.75) is 44.8 Å². The molecule has 2 rings (SSSR count). The highest BCUT2D eigenvalue weighted by atomic mass is 79.9. The van der Waals surface area contributed by atoms with E-state index >= 15 is 0 Å². The Hall–Kier alpha value is -0.450. The number of aliphatic hydroxyl groups is 1. The first-order valence-electron chi connectivity index (χ1n) is 6.53. The van der Waals surface area contributed by atoms with E-state index in [1.165, 1.54) is 12.8 Å². The van der Waals surface area contributed by atoms with E-state index in [2.05, 4.69) is 39.7 Å². The summed E-state index contributed by atoms with van der Waals surface area (Å²) >= 11 is 3.37. The first-order chi connectivity index (χ1) is 8.50. The molecule has 4 heteroatoms. The SMILES string of the molecule is CC(C)(C(O)Cc1ccc(Br)cn1)N1CCCC1. The van der Waals surface area contributed by atoms with E-state index in [-0.39, 0.29) is 11.6 Å². The van der Waals surface area contributed by atoms with Crippen molar-refractivity contribution in [3.63, 3.8) is 0 Å². The fourth-order valence-corrected chi connectivity index (χ4v) is 2.71. The lowest BCUT2D eigenvalue weighted by molar-refractivity contribution is 0.00285. The molecule has 2 heterocycles. The van der Waals surface area contributed by atoms with E-state index in [0.717, 1.165) is 23.3 Å². The zero-order valence-electron chi connectivity index (χ0n) is 11.1. The molecule has 1 N–H and O–H groups in total. The fraction of sp³-hybridized carbons (Fsp3) is 0.643. The monoisotopic (exact) mass is 312 g/mol. The van der Waals surface area contributed by atoms with E-state index in [1.807, 2.05) is 12.1 Å². The van der Waals surface area contributed by atoms with Crippen LogP contribution in [-0.4, -0.2) is 39.7 Å². The molecule has 1 aromatic heterocycles. The van der Waals surface area contributed by atoms with Gasteiger partial charge in [-0.25, -0.2) is 0 Å². The second kappa shape index (κ2) is 5.68. The Kier molecular flexibility index (Phi) is 4.41. The Labute approximate surface area is 117 Å². The maximum absolute atomic E-state index is 10.5. The van der Waals surface area contributed by atoms with Crippen molar-refractivity contribution in [1.82, 2.24) is 9.88 Å². The Morgan fingerprint density at radius 3 is 2.61 bits per heavy atom. The van der Waals surface area contributed by atoms with E-state index in [9.17, 15) is 5.11 Å². The van der Waals surface area contributed by atoms with Crippen LogP contribution in [0.5, 0.6) is 0 Å². The number of aliphatic hydroxyl groups excluding tert-OH is 1. The van der Waals surface area contributed by atoms with Gasteiger partial charge in [-0.2, -0.15) is 0 Å². The van der Waals surface area contributed by atoms with Crippen LogP contribution in [0.1, 0.15) is 32.4 Å². The summed E-state index contributed by atoms with van der Waals surface area (Å²) in [6, 6.07) is 3.94. The number of nitrogens with zero attached hydrogens (tertiary/aromatic N) is 2. The van der Waals surface area contributed by atoms with Gasteiger partial charge in [-0.1, -0.05) is 0 Å². The number of aromatic nitrogens is 1. The Balaban J connectivity index is 2.01. The molecule has 1 fully saturated rings. The number of rotatable bonds is 4. The van der Waals surface area contributed by atoms with Gasteiger partial charge >= 0.3 is 0 Å². The quantitative estimate of drug-likeness (QED) is 0.928. The van der Waals surface area contributed by atoms with Crippen molar-refractivity contribution in [3.05, 3.63) is 28.5 Å². The lowest BCUT2D eigenvalue weighted by Crippen LogP contribution is -2.52. The van der Waals surface area contributed by atoms with Gasteiger partial charge in [0.2, 0.25) is 0 Å². The summed E-state index contributed by atoms with van der Waals surface area (Å²) in [5.41, 5.74) is 0.767. The maximum Gasteiger partial charge on any atom is 0.0773 e. The summed E-state index contributed by atoms with van der Waals surface area (Å²) in [4.78, 5) is 6.72. The van der Waals surface area contributed by atoms with Crippen molar-refractivity contribution >= 4 is 15.9 Å². The molecule has 1 unspecified atom stereocenters. The van der Waals surface area contributed by atoms with Crippen LogP contribution in [0.4, 0.5) is 0 Å². The zero-order valence-corrected chi connectivity index (χ0v) is 12.7. The summed E-state index contributed by atoms with van der Waals surface area (Å²) in [5.74, 6) is 0. The Morgan fingerprint density at radius 1 is 1.39 bits per heavy atom. The molecule has 0 aromatic carbocycles. The van der Waals surface area contributed by atoms with Gasteiger partial charge in [-0.15, -0.1) is 0 Å². The molecule has 0 aliphatic carbocycles. The minimum Gasteiger partial charge on any atom is -0.391 e. The smallest absolute Gasteiger partial charge is 0.0773 e. The van der Waals surface area contributed by atoms with E-state index in [0.29, 0.717) is 6.42 Å². The highest BCUT2D eigenvalue weighted by Gasteiger charge is 2.35. The molecular formula is C14H21BrN2O. The van der Waals surface area contributed by atoms with Crippen LogP contribution >= 0.6 is 15.9 Å². The zero-order chi connectivity index (χ0) is 13.2. The standard InChI is InChI=1S/C14H21BrN2O/c1-14(2,17-7-3-4-8-17)13(18)9-12-6-5-11(15)10-16-12/h5-6,10,13,18H,3-4,7-9H2,1-2H3. The van der Waals surface area contributed by atoms with Crippen LogP contribution in [0.25, 0.3) is 0 Å². The molecule has 1 atom stereocenters. The van der Waals surface area contributed by atoms with Crippen LogP contribution in [0, 0.1) is 0 Å². The molecule has 3 nitrogen and oxygen atoms in total. The molecule has 0 saturated carbocycles. The second-order valence-electron chi connectivity index (χ2n) is 5.54. The van der Waals surface area contributed by atoms with Gasteiger partial charge in [0, 0.05) is 28.3 Å². The van der Waals surface area contributed by atoms with Gasteiger partial charge in [0.1, 0.15) is 0 Å². The molecule has 1 saturated heterocycles.